The van der Waals surface area contributed by atoms with Crippen molar-refractivity contribution >= 4 is 11.6 Å². The van der Waals surface area contributed by atoms with Crippen molar-refractivity contribution in [2.45, 2.75) is 49.7 Å². The van der Waals surface area contributed by atoms with Crippen LogP contribution in [0.4, 0.5) is 0 Å². The summed E-state index contributed by atoms with van der Waals surface area (Å²) in [7, 11) is 0. The highest BCUT2D eigenvalue weighted by Gasteiger charge is 2.46. The number of benzene rings is 1. The van der Waals surface area contributed by atoms with Gasteiger partial charge in [0.15, 0.2) is 0 Å². The molecule has 1 aromatic carbocycles. The van der Waals surface area contributed by atoms with Gasteiger partial charge in [-0.2, -0.15) is 0 Å². The van der Waals surface area contributed by atoms with Gasteiger partial charge in [0, 0.05) is 17.2 Å². The maximum Gasteiger partial charge on any atom is 0.117 e. The van der Waals surface area contributed by atoms with Crippen LogP contribution in [0.3, 0.4) is 0 Å². The van der Waals surface area contributed by atoms with Crippen molar-refractivity contribution < 1.29 is 9.57 Å². The average Bonchev–Trinajstić information content (AvgIpc) is 3.17. The van der Waals surface area contributed by atoms with E-state index in [1.165, 1.54) is 12.8 Å². The van der Waals surface area contributed by atoms with E-state index in [4.69, 9.17) is 21.2 Å². The molecule has 0 aromatic heterocycles. The van der Waals surface area contributed by atoms with Crippen LogP contribution in [0.2, 0.25) is 5.02 Å². The van der Waals surface area contributed by atoms with Crippen molar-refractivity contribution in [3.8, 4) is 11.8 Å². The third kappa shape index (κ3) is 3.12. The van der Waals surface area contributed by atoms with E-state index in [0.717, 1.165) is 43.6 Å². The van der Waals surface area contributed by atoms with Gasteiger partial charge in [-0.15, -0.1) is 0 Å². The molecule has 1 N–H and O–H groups in total. The summed E-state index contributed by atoms with van der Waals surface area (Å²) in [6.45, 7) is 0.915. The second-order valence-corrected chi connectivity index (χ2v) is 7.16. The number of rotatable bonds is 0. The van der Waals surface area contributed by atoms with Crippen LogP contribution in [-0.2, 0) is 9.57 Å². The van der Waals surface area contributed by atoms with Crippen molar-refractivity contribution in [1.29, 1.82) is 0 Å². The van der Waals surface area contributed by atoms with Crippen LogP contribution in [-0.4, -0.2) is 17.8 Å². The molecule has 0 unspecified atom stereocenters. The predicted molar refractivity (Wildman–Crippen MR) is 89.7 cm³/mol. The molecular weight excluding hydrogens is 310 g/mol. The normalized spacial score (nSPS) is 32.5. The van der Waals surface area contributed by atoms with Crippen LogP contribution in [0.5, 0.6) is 0 Å². The highest BCUT2D eigenvalue weighted by Crippen LogP contribution is 2.46. The van der Waals surface area contributed by atoms with Gasteiger partial charge in [-0.05, 0) is 68.7 Å². The van der Waals surface area contributed by atoms with E-state index in [-0.39, 0.29) is 11.2 Å². The van der Waals surface area contributed by atoms with Gasteiger partial charge < -0.3 is 4.74 Å². The number of hydroxylamine groups is 1. The van der Waals surface area contributed by atoms with Gasteiger partial charge in [-0.1, -0.05) is 23.6 Å². The number of halogens is 1. The molecule has 2 heterocycles. The fraction of sp³-hybridized carbons (Fsp3) is 0.474. The molecule has 0 bridgehead atoms. The molecule has 1 saturated carbocycles. The predicted octanol–water partition coefficient (Wildman–Crippen LogP) is 3.97. The Balaban J connectivity index is 1.46. The Labute approximate surface area is 142 Å². The molecule has 3 aliphatic rings. The van der Waals surface area contributed by atoms with Crippen molar-refractivity contribution in [3.05, 3.63) is 46.6 Å². The van der Waals surface area contributed by atoms with E-state index in [1.54, 1.807) is 0 Å². The third-order valence-electron chi connectivity index (χ3n) is 5.13. The lowest BCUT2D eigenvalue weighted by atomic mass is 9.75. The Bertz CT molecular complexity index is 685. The topological polar surface area (TPSA) is 30.5 Å². The van der Waals surface area contributed by atoms with Crippen LogP contribution in [0.15, 0.2) is 36.0 Å². The quantitative estimate of drug-likeness (QED) is 0.730. The zero-order valence-electron chi connectivity index (χ0n) is 13.0. The minimum atomic E-state index is -0.213. The third-order valence-corrected chi connectivity index (χ3v) is 5.37. The first-order valence-electron chi connectivity index (χ1n) is 8.26. The highest BCUT2D eigenvalue weighted by atomic mass is 35.5. The summed E-state index contributed by atoms with van der Waals surface area (Å²) in [5, 5.41) is 0.701. The van der Waals surface area contributed by atoms with Crippen LogP contribution in [0.1, 0.15) is 44.1 Å². The lowest BCUT2D eigenvalue weighted by molar-refractivity contribution is -0.112. The van der Waals surface area contributed by atoms with Gasteiger partial charge in [0.1, 0.15) is 11.3 Å². The molecule has 120 valence electrons. The van der Waals surface area contributed by atoms with Crippen LogP contribution in [0.25, 0.3) is 0 Å². The van der Waals surface area contributed by atoms with E-state index in [9.17, 15) is 0 Å². The number of hydrogen-bond acceptors (Lipinski definition) is 3. The van der Waals surface area contributed by atoms with Gasteiger partial charge in [0.2, 0.25) is 0 Å². The highest BCUT2D eigenvalue weighted by molar-refractivity contribution is 6.30. The summed E-state index contributed by atoms with van der Waals surface area (Å²) < 4.78 is 5.99. The maximum absolute atomic E-state index is 5.99. The van der Waals surface area contributed by atoms with Crippen molar-refractivity contribution in [2.75, 3.05) is 6.61 Å². The average molecular weight is 330 g/mol. The summed E-state index contributed by atoms with van der Waals surface area (Å²) in [6.07, 6.45) is 8.65. The SMILES string of the molecule is Clc1cccc(C#CC2=CC3(CCC4(CCCO4)CC3)ON2)c1. The minimum Gasteiger partial charge on any atom is -0.375 e. The summed E-state index contributed by atoms with van der Waals surface area (Å²) in [5.74, 6) is 6.27. The Morgan fingerprint density at radius 3 is 2.70 bits per heavy atom. The Hall–Kier alpha value is -1.47. The molecule has 0 radical (unpaired) electrons. The Morgan fingerprint density at radius 2 is 1.96 bits per heavy atom. The number of hydrogen-bond donors (Lipinski definition) is 1. The molecule has 0 atom stereocenters. The number of allylic oxidation sites excluding steroid dienone is 1. The first-order valence-corrected chi connectivity index (χ1v) is 8.63. The molecule has 4 rings (SSSR count). The molecule has 1 aromatic rings. The molecular formula is C19H20ClNO2. The molecule has 2 aliphatic heterocycles. The summed E-state index contributed by atoms with van der Waals surface area (Å²) in [4.78, 5) is 5.88. The first-order chi connectivity index (χ1) is 11.2. The lowest BCUT2D eigenvalue weighted by Crippen LogP contribution is -2.42. The van der Waals surface area contributed by atoms with E-state index in [0.29, 0.717) is 5.02 Å². The fourth-order valence-corrected chi connectivity index (χ4v) is 3.96. The zero-order chi connectivity index (χ0) is 15.8. The molecule has 3 nitrogen and oxygen atoms in total. The van der Waals surface area contributed by atoms with Gasteiger partial charge in [-0.25, -0.2) is 0 Å². The molecule has 2 spiro atoms. The van der Waals surface area contributed by atoms with Gasteiger partial charge in [0.05, 0.1) is 5.60 Å². The maximum atomic E-state index is 5.99. The monoisotopic (exact) mass is 329 g/mol. The van der Waals surface area contributed by atoms with E-state index in [1.807, 2.05) is 24.3 Å². The standard InChI is InChI=1S/C19H20ClNO2/c20-16-4-1-3-15(13-16)5-6-17-14-19(23-21-17)10-8-18(9-11-19)7-2-12-22-18/h1,3-4,13-14,21H,2,7-12H2. The van der Waals surface area contributed by atoms with E-state index >= 15 is 0 Å². The number of nitrogens with one attached hydrogen (secondary N) is 1. The second kappa shape index (κ2) is 5.87. The largest absolute Gasteiger partial charge is 0.375 e. The molecule has 0 amide bonds. The summed E-state index contributed by atoms with van der Waals surface area (Å²) in [5.41, 5.74) is 4.65. The Kier molecular flexibility index (Phi) is 3.85. The van der Waals surface area contributed by atoms with Crippen LogP contribution >= 0.6 is 11.6 Å². The molecule has 1 saturated heterocycles. The Morgan fingerprint density at radius 1 is 1.09 bits per heavy atom. The molecule has 1 aliphatic carbocycles. The number of ether oxygens (including phenoxy) is 1. The van der Waals surface area contributed by atoms with Crippen molar-refractivity contribution in [1.82, 2.24) is 5.48 Å². The van der Waals surface area contributed by atoms with Gasteiger partial charge in [0.25, 0.3) is 0 Å². The van der Waals surface area contributed by atoms with Crippen LogP contribution in [0, 0.1) is 11.8 Å². The molecule has 4 heteroatoms. The lowest BCUT2D eigenvalue weighted by Gasteiger charge is -2.40. The smallest absolute Gasteiger partial charge is 0.117 e. The molecule has 23 heavy (non-hydrogen) atoms. The van der Waals surface area contributed by atoms with E-state index < -0.39 is 0 Å². The van der Waals surface area contributed by atoms with Gasteiger partial charge in [-0.3, -0.25) is 10.3 Å². The zero-order valence-corrected chi connectivity index (χ0v) is 13.8. The fourth-order valence-electron chi connectivity index (χ4n) is 3.77. The van der Waals surface area contributed by atoms with Crippen molar-refractivity contribution in [2.24, 2.45) is 0 Å². The molecule has 2 fully saturated rings. The van der Waals surface area contributed by atoms with Crippen LogP contribution < -0.4 is 5.48 Å². The second-order valence-electron chi connectivity index (χ2n) is 6.72. The van der Waals surface area contributed by atoms with E-state index in [2.05, 4.69) is 23.4 Å². The van der Waals surface area contributed by atoms with Crippen molar-refractivity contribution in [3.63, 3.8) is 0 Å². The van der Waals surface area contributed by atoms with Gasteiger partial charge >= 0.3 is 0 Å². The summed E-state index contributed by atoms with van der Waals surface area (Å²) in [6, 6.07) is 7.57. The summed E-state index contributed by atoms with van der Waals surface area (Å²) >= 11 is 5.98. The minimum absolute atomic E-state index is 0.123. The first kappa shape index (κ1) is 15.1.